The molecule has 0 unspecified atom stereocenters. The lowest BCUT2D eigenvalue weighted by Crippen LogP contribution is -2.43. The van der Waals surface area contributed by atoms with E-state index in [0.717, 1.165) is 18.2 Å². The van der Waals surface area contributed by atoms with Gasteiger partial charge in [0.1, 0.15) is 5.56 Å². The van der Waals surface area contributed by atoms with Crippen LogP contribution in [0.25, 0.3) is 10.9 Å². The Bertz CT molecular complexity index is 964. The number of carbonyl (C=O) groups is 1. The van der Waals surface area contributed by atoms with Gasteiger partial charge in [-0.1, -0.05) is 0 Å². The molecule has 2 heterocycles. The van der Waals surface area contributed by atoms with Gasteiger partial charge in [0.25, 0.3) is 11.5 Å². The van der Waals surface area contributed by atoms with Gasteiger partial charge >= 0.3 is 0 Å². The Kier molecular flexibility index (Phi) is 3.58. The molecule has 1 fully saturated rings. The van der Waals surface area contributed by atoms with Gasteiger partial charge in [-0.3, -0.25) is 9.59 Å². The number of aromatic nitrogens is 1. The summed E-state index contributed by atoms with van der Waals surface area (Å²) in [5.41, 5.74) is 0.181. The van der Waals surface area contributed by atoms with E-state index < -0.39 is 5.54 Å². The summed E-state index contributed by atoms with van der Waals surface area (Å²) in [5.74, 6) is 0.851. The molecule has 0 saturated heterocycles. The van der Waals surface area contributed by atoms with Gasteiger partial charge in [-0.05, 0) is 51.8 Å². The van der Waals surface area contributed by atoms with Crippen LogP contribution in [0, 0.1) is 5.41 Å². The van der Waals surface area contributed by atoms with Gasteiger partial charge in [0.15, 0.2) is 11.5 Å². The number of rotatable bonds is 2. The fourth-order valence-corrected chi connectivity index (χ4v) is 3.53. The summed E-state index contributed by atoms with van der Waals surface area (Å²) in [6.45, 7) is 6.82. The predicted octanol–water partition coefficient (Wildman–Crippen LogP) is 2.71. The van der Waals surface area contributed by atoms with E-state index in [1.165, 1.54) is 0 Å². The normalized spacial score (nSPS) is 17.5. The molecule has 6 nitrogen and oxygen atoms in total. The zero-order valence-electron chi connectivity index (χ0n) is 15.6. The minimum atomic E-state index is -0.414. The molecule has 1 aromatic carbocycles. The summed E-state index contributed by atoms with van der Waals surface area (Å²) in [7, 11) is 1.59. The summed E-state index contributed by atoms with van der Waals surface area (Å²) in [5, 5.41) is 3.69. The Morgan fingerprint density at radius 3 is 2.65 bits per heavy atom. The largest absolute Gasteiger partial charge is 0.493 e. The number of benzene rings is 1. The summed E-state index contributed by atoms with van der Waals surface area (Å²) in [6, 6.07) is 5.35. The molecule has 0 radical (unpaired) electrons. The van der Waals surface area contributed by atoms with E-state index in [1.807, 2.05) is 32.9 Å². The third-order valence-corrected chi connectivity index (χ3v) is 5.10. The molecule has 0 bridgehead atoms. The smallest absolute Gasteiger partial charge is 0.264 e. The van der Waals surface area contributed by atoms with Gasteiger partial charge in [0.05, 0.1) is 19.2 Å². The molecular formula is C20H24N2O4. The lowest BCUT2D eigenvalue weighted by molar-refractivity contribution is 0.0917. The maximum Gasteiger partial charge on any atom is 0.264 e. The minimum absolute atomic E-state index is 0.0140. The molecule has 6 heteroatoms. The van der Waals surface area contributed by atoms with E-state index in [1.54, 1.807) is 17.7 Å². The van der Waals surface area contributed by atoms with E-state index >= 15 is 0 Å². The quantitative estimate of drug-likeness (QED) is 0.898. The second-order valence-corrected chi connectivity index (χ2v) is 8.48. The Hall–Kier alpha value is -2.50. The number of carbonyl (C=O) groups excluding carboxylic acids is 1. The van der Waals surface area contributed by atoms with Gasteiger partial charge in [-0.15, -0.1) is 0 Å². The number of amides is 1. The topological polar surface area (TPSA) is 69.6 Å². The molecule has 1 N–H and O–H groups in total. The Morgan fingerprint density at radius 2 is 2.04 bits per heavy atom. The van der Waals surface area contributed by atoms with Crippen molar-refractivity contribution in [2.24, 2.45) is 5.41 Å². The molecule has 1 aromatic heterocycles. The van der Waals surface area contributed by atoms with E-state index in [0.29, 0.717) is 30.2 Å². The number of nitrogens with zero attached hydrogens (tertiary/aromatic N) is 1. The first-order valence-electron chi connectivity index (χ1n) is 8.93. The third-order valence-electron chi connectivity index (χ3n) is 5.10. The number of methoxy groups -OCH3 is 1. The molecule has 4 rings (SSSR count). The van der Waals surface area contributed by atoms with Crippen molar-refractivity contribution in [2.75, 3.05) is 13.7 Å². The molecule has 1 aliphatic heterocycles. The predicted molar refractivity (Wildman–Crippen MR) is 99.1 cm³/mol. The van der Waals surface area contributed by atoms with Crippen molar-refractivity contribution in [1.29, 1.82) is 0 Å². The molecule has 1 amide bonds. The van der Waals surface area contributed by atoms with Crippen molar-refractivity contribution in [1.82, 2.24) is 9.88 Å². The Labute approximate surface area is 152 Å². The van der Waals surface area contributed by atoms with Crippen molar-refractivity contribution >= 4 is 16.8 Å². The van der Waals surface area contributed by atoms with Crippen molar-refractivity contribution in [2.45, 2.75) is 45.7 Å². The van der Waals surface area contributed by atoms with Crippen LogP contribution in [-0.2, 0) is 6.54 Å². The molecule has 1 spiro atoms. The van der Waals surface area contributed by atoms with Crippen molar-refractivity contribution in [3.63, 3.8) is 0 Å². The van der Waals surface area contributed by atoms with Gasteiger partial charge in [0.2, 0.25) is 0 Å². The van der Waals surface area contributed by atoms with Crippen molar-refractivity contribution in [3.8, 4) is 11.5 Å². The van der Waals surface area contributed by atoms with E-state index in [2.05, 4.69) is 5.32 Å². The monoisotopic (exact) mass is 356 g/mol. The van der Waals surface area contributed by atoms with Crippen LogP contribution in [0.2, 0.25) is 0 Å². The maximum absolute atomic E-state index is 13.2. The highest BCUT2D eigenvalue weighted by Crippen LogP contribution is 2.50. The van der Waals surface area contributed by atoms with Crippen LogP contribution in [0.1, 0.15) is 44.0 Å². The van der Waals surface area contributed by atoms with Crippen LogP contribution in [0.5, 0.6) is 11.5 Å². The van der Waals surface area contributed by atoms with Gasteiger partial charge in [-0.25, -0.2) is 0 Å². The molecule has 2 aromatic rings. The highest BCUT2D eigenvalue weighted by Gasteiger charge is 2.46. The van der Waals surface area contributed by atoms with Crippen LogP contribution in [0.4, 0.5) is 0 Å². The molecule has 138 valence electrons. The lowest BCUT2D eigenvalue weighted by Gasteiger charge is -2.21. The van der Waals surface area contributed by atoms with Crippen molar-refractivity contribution < 1.29 is 14.3 Å². The van der Waals surface area contributed by atoms with Crippen LogP contribution >= 0.6 is 0 Å². The molecular weight excluding hydrogens is 332 g/mol. The highest BCUT2D eigenvalue weighted by molar-refractivity contribution is 5.99. The number of hydrogen-bond acceptors (Lipinski definition) is 4. The highest BCUT2D eigenvalue weighted by atomic mass is 16.5. The summed E-state index contributed by atoms with van der Waals surface area (Å²) >= 11 is 0. The SMILES string of the molecule is COc1ccc2cc(C(=O)NC(C)(C)C)c(=O)n3c2c1OCC1(CC1)C3. The molecule has 2 aliphatic rings. The van der Waals surface area contributed by atoms with E-state index in [9.17, 15) is 9.59 Å². The zero-order valence-corrected chi connectivity index (χ0v) is 15.6. The van der Waals surface area contributed by atoms with Gasteiger partial charge < -0.3 is 19.4 Å². The van der Waals surface area contributed by atoms with Gasteiger partial charge in [-0.2, -0.15) is 0 Å². The average molecular weight is 356 g/mol. The number of ether oxygens (including phenoxy) is 2. The van der Waals surface area contributed by atoms with Gasteiger partial charge in [0, 0.05) is 22.9 Å². The second kappa shape index (κ2) is 5.50. The van der Waals surface area contributed by atoms with Crippen LogP contribution in [0.3, 0.4) is 0 Å². The fourth-order valence-electron chi connectivity index (χ4n) is 3.53. The summed E-state index contributed by atoms with van der Waals surface area (Å²) in [4.78, 5) is 25.9. The Balaban J connectivity index is 1.95. The average Bonchev–Trinajstić information content (AvgIpc) is 3.35. The Morgan fingerprint density at radius 1 is 1.31 bits per heavy atom. The minimum Gasteiger partial charge on any atom is -0.493 e. The first kappa shape index (κ1) is 16.9. The number of hydrogen-bond donors (Lipinski definition) is 1. The first-order chi connectivity index (χ1) is 12.2. The standard InChI is InChI=1S/C20H24N2O4/c1-19(2,3)21-17(23)13-9-12-5-6-14(25-4)16-15(12)22(18(13)24)10-20(7-8-20)11-26-16/h5-6,9H,7-8,10-11H2,1-4H3,(H,21,23). The maximum atomic E-state index is 13.2. The van der Waals surface area contributed by atoms with E-state index in [4.69, 9.17) is 9.47 Å². The summed E-state index contributed by atoms with van der Waals surface area (Å²) in [6.07, 6.45) is 2.05. The second-order valence-electron chi connectivity index (χ2n) is 8.48. The molecule has 0 atom stereocenters. The third kappa shape index (κ3) is 2.73. The number of nitrogens with one attached hydrogen (secondary N) is 1. The molecule has 26 heavy (non-hydrogen) atoms. The molecule has 1 saturated carbocycles. The van der Waals surface area contributed by atoms with Crippen LogP contribution < -0.4 is 20.3 Å². The number of pyridine rings is 1. The lowest BCUT2D eigenvalue weighted by atomic mass is 10.1. The van der Waals surface area contributed by atoms with Crippen LogP contribution in [-0.4, -0.2) is 29.7 Å². The summed E-state index contributed by atoms with van der Waals surface area (Å²) < 4.78 is 13.2. The molecule has 1 aliphatic carbocycles. The van der Waals surface area contributed by atoms with Crippen molar-refractivity contribution in [3.05, 3.63) is 34.1 Å². The van der Waals surface area contributed by atoms with E-state index in [-0.39, 0.29) is 22.4 Å². The van der Waals surface area contributed by atoms with Crippen LogP contribution in [0.15, 0.2) is 23.0 Å². The fraction of sp³-hybridized carbons (Fsp3) is 0.500. The first-order valence-corrected chi connectivity index (χ1v) is 8.93. The zero-order chi connectivity index (χ0) is 18.7.